The van der Waals surface area contributed by atoms with Gasteiger partial charge in [0.1, 0.15) is 5.75 Å². The summed E-state index contributed by atoms with van der Waals surface area (Å²) in [5.41, 5.74) is 1.51. The first-order valence-electron chi connectivity index (χ1n) is 4.33. The summed E-state index contributed by atoms with van der Waals surface area (Å²) in [4.78, 5) is 6.14. The molecule has 0 radical (unpaired) electrons. The highest BCUT2D eigenvalue weighted by Crippen LogP contribution is 2.27. The third-order valence-corrected chi connectivity index (χ3v) is 1.97. The molecule has 0 aliphatic heterocycles. The van der Waals surface area contributed by atoms with Crippen molar-refractivity contribution in [3.63, 3.8) is 0 Å². The maximum atomic E-state index is 5.51. The molecule has 0 saturated carbocycles. The zero-order chi connectivity index (χ0) is 10.1. The van der Waals surface area contributed by atoms with Crippen LogP contribution >= 0.6 is 0 Å². The highest BCUT2D eigenvalue weighted by Gasteiger charge is 2.10. The van der Waals surface area contributed by atoms with Crippen LogP contribution in [0.1, 0.15) is 0 Å². The maximum absolute atomic E-state index is 5.51. The van der Waals surface area contributed by atoms with Crippen LogP contribution in [-0.4, -0.2) is 26.2 Å². The predicted octanol–water partition coefficient (Wildman–Crippen LogP) is 1.90. The Morgan fingerprint density at radius 3 is 2.79 bits per heavy atom. The Morgan fingerprint density at radius 1 is 1.36 bits per heavy atom. The number of fused-ring (bicyclic) bond motifs is 1. The molecule has 14 heavy (non-hydrogen) atoms. The smallest absolute Gasteiger partial charge is 0.297 e. The number of benzene rings is 1. The van der Waals surface area contributed by atoms with E-state index in [4.69, 9.17) is 9.15 Å². The summed E-state index contributed by atoms with van der Waals surface area (Å²) in [6.07, 6.45) is 0. The standard InChI is InChI=1S/C10H12N2O2/c1-12(2)10-11-9-7(13-3)5-4-6-8(9)14-10/h4-6H,1-3H3. The molecule has 0 bridgehead atoms. The van der Waals surface area contributed by atoms with Crippen molar-refractivity contribution in [2.75, 3.05) is 26.1 Å². The molecule has 0 amide bonds. The highest BCUT2D eigenvalue weighted by atomic mass is 16.5. The van der Waals surface area contributed by atoms with Crippen molar-refractivity contribution in [1.82, 2.24) is 4.98 Å². The van der Waals surface area contributed by atoms with Crippen LogP contribution in [0.15, 0.2) is 22.6 Å². The number of aromatic nitrogens is 1. The Morgan fingerprint density at radius 2 is 2.14 bits per heavy atom. The molecule has 1 aromatic carbocycles. The number of para-hydroxylation sites is 1. The van der Waals surface area contributed by atoms with E-state index in [0.717, 1.165) is 16.8 Å². The molecule has 1 heterocycles. The number of methoxy groups -OCH3 is 1. The molecule has 0 atom stereocenters. The van der Waals surface area contributed by atoms with Gasteiger partial charge >= 0.3 is 0 Å². The topological polar surface area (TPSA) is 38.5 Å². The van der Waals surface area contributed by atoms with Crippen LogP contribution in [-0.2, 0) is 0 Å². The number of hydrogen-bond acceptors (Lipinski definition) is 4. The normalized spacial score (nSPS) is 10.5. The van der Waals surface area contributed by atoms with Gasteiger partial charge in [-0.15, -0.1) is 0 Å². The van der Waals surface area contributed by atoms with E-state index in [2.05, 4.69) is 4.98 Å². The number of oxazole rings is 1. The molecular formula is C10H12N2O2. The summed E-state index contributed by atoms with van der Waals surface area (Å²) >= 11 is 0. The number of ether oxygens (including phenoxy) is 1. The SMILES string of the molecule is COc1cccc2oc(N(C)C)nc12. The Hall–Kier alpha value is -1.71. The molecule has 0 N–H and O–H groups in total. The van der Waals surface area contributed by atoms with Gasteiger partial charge in [-0.1, -0.05) is 6.07 Å². The minimum atomic E-state index is 0.588. The van der Waals surface area contributed by atoms with Crippen LogP contribution in [0.2, 0.25) is 0 Å². The van der Waals surface area contributed by atoms with Crippen molar-refractivity contribution in [3.05, 3.63) is 18.2 Å². The minimum Gasteiger partial charge on any atom is -0.494 e. The first-order valence-corrected chi connectivity index (χ1v) is 4.33. The summed E-state index contributed by atoms with van der Waals surface area (Å²) in [6, 6.07) is 6.21. The molecule has 0 fully saturated rings. The van der Waals surface area contributed by atoms with Gasteiger partial charge in [0, 0.05) is 14.1 Å². The van der Waals surface area contributed by atoms with E-state index in [1.54, 1.807) is 7.11 Å². The average molecular weight is 192 g/mol. The van der Waals surface area contributed by atoms with Gasteiger partial charge in [-0.05, 0) is 12.1 Å². The number of hydrogen-bond donors (Lipinski definition) is 0. The van der Waals surface area contributed by atoms with E-state index < -0.39 is 0 Å². The van der Waals surface area contributed by atoms with Crippen molar-refractivity contribution in [3.8, 4) is 5.75 Å². The van der Waals surface area contributed by atoms with Crippen molar-refractivity contribution in [2.24, 2.45) is 0 Å². The van der Waals surface area contributed by atoms with Crippen LogP contribution in [0.4, 0.5) is 6.01 Å². The Kier molecular flexibility index (Phi) is 2.04. The van der Waals surface area contributed by atoms with E-state index in [1.165, 1.54) is 0 Å². The molecule has 0 saturated heterocycles. The quantitative estimate of drug-likeness (QED) is 0.728. The molecule has 4 nitrogen and oxygen atoms in total. The van der Waals surface area contributed by atoms with Crippen LogP contribution in [0.25, 0.3) is 11.1 Å². The van der Waals surface area contributed by atoms with E-state index in [1.807, 2.05) is 37.2 Å². The van der Waals surface area contributed by atoms with E-state index in [9.17, 15) is 0 Å². The fourth-order valence-corrected chi connectivity index (χ4v) is 1.27. The fraction of sp³-hybridized carbons (Fsp3) is 0.300. The third kappa shape index (κ3) is 1.28. The predicted molar refractivity (Wildman–Crippen MR) is 54.9 cm³/mol. The van der Waals surface area contributed by atoms with Gasteiger partial charge in [0.2, 0.25) is 0 Å². The fourth-order valence-electron chi connectivity index (χ4n) is 1.27. The first-order chi connectivity index (χ1) is 6.72. The van der Waals surface area contributed by atoms with Crippen LogP contribution in [0, 0.1) is 0 Å². The summed E-state index contributed by atoms with van der Waals surface area (Å²) in [5, 5.41) is 0. The second-order valence-corrected chi connectivity index (χ2v) is 3.20. The Labute approximate surface area is 82.1 Å². The van der Waals surface area contributed by atoms with E-state index >= 15 is 0 Å². The minimum absolute atomic E-state index is 0.588. The second-order valence-electron chi connectivity index (χ2n) is 3.20. The summed E-state index contributed by atoms with van der Waals surface area (Å²) in [7, 11) is 5.40. The van der Waals surface area contributed by atoms with Gasteiger partial charge in [-0.3, -0.25) is 0 Å². The van der Waals surface area contributed by atoms with Gasteiger partial charge in [0.05, 0.1) is 7.11 Å². The van der Waals surface area contributed by atoms with Gasteiger partial charge < -0.3 is 14.1 Å². The lowest BCUT2D eigenvalue weighted by Gasteiger charge is -2.03. The van der Waals surface area contributed by atoms with Crippen LogP contribution in [0.5, 0.6) is 5.75 Å². The lowest BCUT2D eigenvalue weighted by molar-refractivity contribution is 0.419. The lowest BCUT2D eigenvalue weighted by Crippen LogP contribution is -2.08. The van der Waals surface area contributed by atoms with Gasteiger partial charge in [-0.2, -0.15) is 4.98 Å². The van der Waals surface area contributed by atoms with Gasteiger partial charge in [-0.25, -0.2) is 0 Å². The van der Waals surface area contributed by atoms with Crippen LogP contribution in [0.3, 0.4) is 0 Å². The zero-order valence-corrected chi connectivity index (χ0v) is 8.44. The molecule has 0 spiro atoms. The molecule has 0 aliphatic carbocycles. The third-order valence-electron chi connectivity index (χ3n) is 1.97. The molecule has 4 heteroatoms. The molecule has 1 aromatic heterocycles. The lowest BCUT2D eigenvalue weighted by atomic mass is 10.3. The summed E-state index contributed by atoms with van der Waals surface area (Å²) in [6.45, 7) is 0. The number of rotatable bonds is 2. The monoisotopic (exact) mass is 192 g/mol. The van der Waals surface area contributed by atoms with Crippen molar-refractivity contribution in [2.45, 2.75) is 0 Å². The largest absolute Gasteiger partial charge is 0.494 e. The first kappa shape index (κ1) is 8.87. The van der Waals surface area contributed by atoms with Crippen molar-refractivity contribution < 1.29 is 9.15 Å². The molecule has 0 aliphatic rings. The highest BCUT2D eigenvalue weighted by molar-refractivity contribution is 5.81. The second kappa shape index (κ2) is 3.21. The van der Waals surface area contributed by atoms with Crippen LogP contribution < -0.4 is 9.64 Å². The van der Waals surface area contributed by atoms with Crippen molar-refractivity contribution >= 4 is 17.1 Å². The number of nitrogens with zero attached hydrogens (tertiary/aromatic N) is 2. The summed E-state index contributed by atoms with van der Waals surface area (Å²) in [5.74, 6) is 0.736. The van der Waals surface area contributed by atoms with Gasteiger partial charge in [0.25, 0.3) is 6.01 Å². The molecule has 74 valence electrons. The molecule has 2 rings (SSSR count). The van der Waals surface area contributed by atoms with E-state index in [0.29, 0.717) is 6.01 Å². The zero-order valence-electron chi connectivity index (χ0n) is 8.44. The molecular weight excluding hydrogens is 180 g/mol. The Bertz CT molecular complexity index is 448. The molecule has 2 aromatic rings. The van der Waals surface area contributed by atoms with Gasteiger partial charge in [0.15, 0.2) is 11.1 Å². The van der Waals surface area contributed by atoms with Crippen molar-refractivity contribution in [1.29, 1.82) is 0 Å². The Balaban J connectivity index is 2.64. The average Bonchev–Trinajstić information content (AvgIpc) is 2.60. The maximum Gasteiger partial charge on any atom is 0.297 e. The summed E-state index contributed by atoms with van der Waals surface area (Å²) < 4.78 is 10.7. The molecule has 0 unspecified atom stereocenters. The van der Waals surface area contributed by atoms with E-state index in [-0.39, 0.29) is 0 Å². The number of anilines is 1.